The first kappa shape index (κ1) is 26.9. The lowest BCUT2D eigenvalue weighted by atomic mass is 10.1. The molecule has 0 aliphatic heterocycles. The molecule has 0 aliphatic rings. The monoisotopic (exact) mass is 506 g/mol. The number of nitrogens with one attached hydrogen (secondary N) is 3. The molecule has 0 bridgehead atoms. The largest absolute Gasteiger partial charge is 0.490 e. The number of benzene rings is 3. The van der Waals surface area contributed by atoms with Crippen molar-refractivity contribution >= 4 is 35.3 Å². The van der Waals surface area contributed by atoms with Gasteiger partial charge in [0.15, 0.2) is 18.1 Å². The van der Waals surface area contributed by atoms with Crippen molar-refractivity contribution in [1.29, 1.82) is 0 Å². The van der Waals surface area contributed by atoms with E-state index in [4.69, 9.17) is 9.47 Å². The number of hydrogen-bond donors (Lipinski definition) is 3. The summed E-state index contributed by atoms with van der Waals surface area (Å²) in [4.78, 5) is 36.2. The SMILES string of the molecule is CCOc1cc(/C=N\NC(=O)C(=O)Nc2ccc(F)cc2)ccc1OCC(=O)Nc1ccc(C)c(C)c1. The molecule has 0 fully saturated rings. The molecule has 3 aromatic carbocycles. The minimum Gasteiger partial charge on any atom is -0.490 e. The van der Waals surface area contributed by atoms with Crippen molar-refractivity contribution in [3.05, 3.63) is 83.2 Å². The zero-order chi connectivity index (χ0) is 26.8. The van der Waals surface area contributed by atoms with Gasteiger partial charge in [-0.15, -0.1) is 0 Å². The highest BCUT2D eigenvalue weighted by molar-refractivity contribution is 6.39. The number of anilines is 2. The maximum atomic E-state index is 12.9. The average Bonchev–Trinajstić information content (AvgIpc) is 2.87. The fraction of sp³-hybridized carbons (Fsp3) is 0.185. The van der Waals surface area contributed by atoms with Gasteiger partial charge in [0.25, 0.3) is 5.91 Å². The third-order valence-corrected chi connectivity index (χ3v) is 5.11. The number of rotatable bonds is 9. The average molecular weight is 507 g/mol. The Balaban J connectivity index is 1.55. The maximum Gasteiger partial charge on any atom is 0.329 e. The van der Waals surface area contributed by atoms with Crippen molar-refractivity contribution in [3.8, 4) is 11.5 Å². The van der Waals surface area contributed by atoms with E-state index in [9.17, 15) is 18.8 Å². The first-order valence-corrected chi connectivity index (χ1v) is 11.4. The summed E-state index contributed by atoms with van der Waals surface area (Å²) in [6, 6.07) is 15.5. The van der Waals surface area contributed by atoms with Crippen LogP contribution in [0.5, 0.6) is 11.5 Å². The number of hydrazone groups is 1. The molecular weight excluding hydrogens is 479 g/mol. The fourth-order valence-electron chi connectivity index (χ4n) is 3.09. The maximum absolute atomic E-state index is 12.9. The minimum atomic E-state index is -1.000. The Kier molecular flexibility index (Phi) is 9.31. The van der Waals surface area contributed by atoms with Crippen molar-refractivity contribution in [3.63, 3.8) is 0 Å². The van der Waals surface area contributed by atoms with E-state index in [1.807, 2.05) is 32.0 Å². The summed E-state index contributed by atoms with van der Waals surface area (Å²) in [5.41, 5.74) is 5.82. The molecule has 192 valence electrons. The molecule has 0 radical (unpaired) electrons. The Bertz CT molecular complexity index is 1310. The normalized spacial score (nSPS) is 10.6. The van der Waals surface area contributed by atoms with Crippen molar-refractivity contribution in [1.82, 2.24) is 5.43 Å². The van der Waals surface area contributed by atoms with Gasteiger partial charge in [0.05, 0.1) is 12.8 Å². The molecule has 0 heterocycles. The van der Waals surface area contributed by atoms with Gasteiger partial charge in [-0.25, -0.2) is 9.82 Å². The van der Waals surface area contributed by atoms with Crippen molar-refractivity contribution < 1.29 is 28.2 Å². The summed E-state index contributed by atoms with van der Waals surface area (Å²) in [5, 5.41) is 8.90. The molecule has 0 unspecified atom stereocenters. The van der Waals surface area contributed by atoms with Crippen LogP contribution >= 0.6 is 0 Å². The predicted molar refractivity (Wildman–Crippen MR) is 138 cm³/mol. The van der Waals surface area contributed by atoms with Crippen LogP contribution in [-0.2, 0) is 14.4 Å². The van der Waals surface area contributed by atoms with E-state index in [0.29, 0.717) is 29.4 Å². The van der Waals surface area contributed by atoms with Gasteiger partial charge in [0, 0.05) is 11.4 Å². The van der Waals surface area contributed by atoms with Crippen molar-refractivity contribution in [2.75, 3.05) is 23.8 Å². The summed E-state index contributed by atoms with van der Waals surface area (Å²) >= 11 is 0. The van der Waals surface area contributed by atoms with Gasteiger partial charge in [-0.05, 0) is 92.1 Å². The second kappa shape index (κ2) is 12.8. The lowest BCUT2D eigenvalue weighted by Crippen LogP contribution is -2.32. The third kappa shape index (κ3) is 8.17. The van der Waals surface area contributed by atoms with Crippen molar-refractivity contribution in [2.45, 2.75) is 20.8 Å². The lowest BCUT2D eigenvalue weighted by molar-refractivity contribution is -0.136. The molecule has 0 aromatic heterocycles. The number of aryl methyl sites for hydroxylation is 2. The quantitative estimate of drug-likeness (QED) is 0.231. The highest BCUT2D eigenvalue weighted by Crippen LogP contribution is 2.28. The molecule has 0 saturated carbocycles. The van der Waals surface area contributed by atoms with Gasteiger partial charge in [-0.2, -0.15) is 5.10 Å². The molecule has 0 saturated heterocycles. The summed E-state index contributed by atoms with van der Waals surface area (Å²) in [6.45, 7) is 5.89. The van der Waals surface area contributed by atoms with Crippen LogP contribution in [-0.4, -0.2) is 37.1 Å². The molecule has 3 amide bonds. The number of carbonyl (C=O) groups is 3. The first-order valence-electron chi connectivity index (χ1n) is 11.4. The zero-order valence-electron chi connectivity index (χ0n) is 20.6. The lowest BCUT2D eigenvalue weighted by Gasteiger charge is -2.13. The van der Waals surface area contributed by atoms with E-state index in [1.54, 1.807) is 25.1 Å². The number of halogens is 1. The first-order chi connectivity index (χ1) is 17.7. The molecule has 37 heavy (non-hydrogen) atoms. The molecule has 9 nitrogen and oxygen atoms in total. The summed E-state index contributed by atoms with van der Waals surface area (Å²) in [6.07, 6.45) is 1.32. The summed E-state index contributed by atoms with van der Waals surface area (Å²) in [5.74, 6) is -2.00. The van der Waals surface area contributed by atoms with Gasteiger partial charge in [-0.1, -0.05) is 6.07 Å². The molecule has 10 heteroatoms. The third-order valence-electron chi connectivity index (χ3n) is 5.11. The van der Waals surface area contributed by atoms with E-state index in [2.05, 4.69) is 21.2 Å². The van der Waals surface area contributed by atoms with Crippen LogP contribution in [0.3, 0.4) is 0 Å². The minimum absolute atomic E-state index is 0.223. The van der Waals surface area contributed by atoms with Crippen LogP contribution in [0.2, 0.25) is 0 Å². The standard InChI is InChI=1S/C27H27FN4O5/c1-4-36-24-14-19(15-29-32-27(35)26(34)31-21-10-7-20(28)8-11-21)6-12-23(24)37-16-25(33)30-22-9-5-17(2)18(3)13-22/h5-15H,4,16H2,1-3H3,(H,30,33)(H,31,34)(H,32,35)/b29-15-. The predicted octanol–water partition coefficient (Wildman–Crippen LogP) is 3.95. The molecule has 3 N–H and O–H groups in total. The molecule has 0 spiro atoms. The number of carbonyl (C=O) groups excluding carboxylic acids is 3. The Morgan fingerprint density at radius 3 is 2.27 bits per heavy atom. The van der Waals surface area contributed by atoms with Gasteiger partial charge < -0.3 is 20.1 Å². The Morgan fingerprint density at radius 2 is 1.57 bits per heavy atom. The second-order valence-electron chi connectivity index (χ2n) is 7.94. The zero-order valence-corrected chi connectivity index (χ0v) is 20.6. The molecule has 3 aromatic rings. The smallest absolute Gasteiger partial charge is 0.329 e. The van der Waals surface area contributed by atoms with Crippen LogP contribution in [0.25, 0.3) is 0 Å². The molecule has 0 atom stereocenters. The van der Waals surface area contributed by atoms with Gasteiger partial charge in [0.1, 0.15) is 5.82 Å². The Hall–Kier alpha value is -4.73. The second-order valence-corrected chi connectivity index (χ2v) is 7.94. The van der Waals surface area contributed by atoms with E-state index < -0.39 is 17.6 Å². The van der Waals surface area contributed by atoms with Crippen LogP contribution in [0.4, 0.5) is 15.8 Å². The molecular formula is C27H27FN4O5. The highest BCUT2D eigenvalue weighted by Gasteiger charge is 2.13. The van der Waals surface area contributed by atoms with E-state index >= 15 is 0 Å². The van der Waals surface area contributed by atoms with Crippen molar-refractivity contribution in [2.24, 2.45) is 5.10 Å². The number of nitrogens with zero attached hydrogens (tertiary/aromatic N) is 1. The van der Waals surface area contributed by atoms with Crippen LogP contribution < -0.4 is 25.5 Å². The topological polar surface area (TPSA) is 118 Å². The Morgan fingerprint density at radius 1 is 0.838 bits per heavy atom. The number of hydrogen-bond acceptors (Lipinski definition) is 6. The molecule has 0 aliphatic carbocycles. The van der Waals surface area contributed by atoms with Gasteiger partial charge in [-0.3, -0.25) is 14.4 Å². The van der Waals surface area contributed by atoms with Crippen LogP contribution in [0.1, 0.15) is 23.6 Å². The van der Waals surface area contributed by atoms with Gasteiger partial charge in [0.2, 0.25) is 0 Å². The van der Waals surface area contributed by atoms with Crippen LogP contribution in [0.15, 0.2) is 65.8 Å². The summed E-state index contributed by atoms with van der Waals surface area (Å²) in [7, 11) is 0. The van der Waals surface area contributed by atoms with E-state index in [0.717, 1.165) is 23.3 Å². The summed E-state index contributed by atoms with van der Waals surface area (Å²) < 4.78 is 24.2. The fourth-order valence-corrected chi connectivity index (χ4v) is 3.09. The highest BCUT2D eigenvalue weighted by atomic mass is 19.1. The molecule has 3 rings (SSSR count). The van der Waals surface area contributed by atoms with Gasteiger partial charge >= 0.3 is 11.8 Å². The number of amides is 3. The van der Waals surface area contributed by atoms with E-state index in [-0.39, 0.29) is 18.2 Å². The van der Waals surface area contributed by atoms with E-state index in [1.165, 1.54) is 18.3 Å². The Labute approximate surface area is 213 Å². The number of ether oxygens (including phenoxy) is 2. The van der Waals surface area contributed by atoms with Crippen LogP contribution in [0, 0.1) is 19.7 Å².